The van der Waals surface area contributed by atoms with Crippen LogP contribution in [0.25, 0.3) is 0 Å². The van der Waals surface area contributed by atoms with Crippen molar-refractivity contribution in [1.29, 1.82) is 0 Å². The normalized spacial score (nSPS) is 26.3. The van der Waals surface area contributed by atoms with Crippen LogP contribution in [0.1, 0.15) is 17.0 Å². The Balaban J connectivity index is 2.06. The Hall–Kier alpha value is -1.40. The third kappa shape index (κ3) is 2.65. The first-order valence-corrected chi connectivity index (χ1v) is 9.66. The first-order chi connectivity index (χ1) is 11.4. The molecular weight excluding hydrogens is 346 g/mol. The zero-order valence-electron chi connectivity index (χ0n) is 13.3. The topological polar surface area (TPSA) is 80.4 Å². The SMILES string of the molecule is Cc1ccc(S(=O)(=O)[C@@H]2[C@@H](c3cccc(Cl)c3)[C@]2(CN)CO)cc1. The summed E-state index contributed by atoms with van der Waals surface area (Å²) in [5.74, 6) is -0.363. The first kappa shape index (κ1) is 17.4. The summed E-state index contributed by atoms with van der Waals surface area (Å²) in [6, 6.07) is 13.9. The molecule has 3 atom stereocenters. The number of halogens is 1. The Morgan fingerprint density at radius 1 is 1.21 bits per heavy atom. The lowest BCUT2D eigenvalue weighted by Gasteiger charge is -2.12. The van der Waals surface area contributed by atoms with Gasteiger partial charge in [0, 0.05) is 22.9 Å². The quantitative estimate of drug-likeness (QED) is 0.853. The zero-order chi connectivity index (χ0) is 17.5. The van der Waals surface area contributed by atoms with E-state index in [0.29, 0.717) is 5.02 Å². The number of rotatable bonds is 5. The summed E-state index contributed by atoms with van der Waals surface area (Å²) < 4.78 is 26.2. The van der Waals surface area contributed by atoms with Crippen molar-refractivity contribution < 1.29 is 13.5 Å². The maximum atomic E-state index is 13.1. The number of aliphatic hydroxyl groups is 1. The van der Waals surface area contributed by atoms with Crippen molar-refractivity contribution in [2.24, 2.45) is 11.1 Å². The van der Waals surface area contributed by atoms with Crippen LogP contribution in [0.3, 0.4) is 0 Å². The van der Waals surface area contributed by atoms with E-state index >= 15 is 0 Å². The van der Waals surface area contributed by atoms with Crippen molar-refractivity contribution in [2.75, 3.05) is 13.2 Å². The minimum atomic E-state index is -3.61. The Labute approximate surface area is 147 Å². The summed E-state index contributed by atoms with van der Waals surface area (Å²) in [5, 5.41) is 9.69. The molecule has 0 bridgehead atoms. The number of hydrogen-bond acceptors (Lipinski definition) is 4. The lowest BCUT2D eigenvalue weighted by atomic mass is 10.0. The summed E-state index contributed by atoms with van der Waals surface area (Å²) in [6.45, 7) is 1.72. The van der Waals surface area contributed by atoms with Gasteiger partial charge in [0.1, 0.15) is 0 Å². The molecule has 0 aromatic heterocycles. The average molecular weight is 366 g/mol. The monoisotopic (exact) mass is 365 g/mol. The van der Waals surface area contributed by atoms with Crippen molar-refractivity contribution in [3.8, 4) is 0 Å². The molecule has 3 N–H and O–H groups in total. The van der Waals surface area contributed by atoms with E-state index in [1.807, 2.05) is 13.0 Å². The Morgan fingerprint density at radius 2 is 1.88 bits per heavy atom. The van der Waals surface area contributed by atoms with Crippen molar-refractivity contribution in [3.05, 3.63) is 64.7 Å². The molecule has 4 nitrogen and oxygen atoms in total. The maximum absolute atomic E-state index is 13.1. The van der Waals surface area contributed by atoms with Gasteiger partial charge in [-0.3, -0.25) is 0 Å². The number of sulfone groups is 1. The molecule has 2 aromatic carbocycles. The van der Waals surface area contributed by atoms with Gasteiger partial charge in [0.05, 0.1) is 16.8 Å². The summed E-state index contributed by atoms with van der Waals surface area (Å²) in [6.07, 6.45) is 0. The van der Waals surface area contributed by atoms with Gasteiger partial charge in [0.2, 0.25) is 0 Å². The van der Waals surface area contributed by atoms with Gasteiger partial charge in [-0.25, -0.2) is 8.42 Å². The molecule has 0 aliphatic heterocycles. The van der Waals surface area contributed by atoms with Crippen LogP contribution in [-0.2, 0) is 9.84 Å². The smallest absolute Gasteiger partial charge is 0.182 e. The lowest BCUT2D eigenvalue weighted by Crippen LogP contribution is -2.27. The van der Waals surface area contributed by atoms with E-state index in [-0.39, 0.29) is 24.0 Å². The van der Waals surface area contributed by atoms with Crippen LogP contribution in [0.4, 0.5) is 0 Å². The van der Waals surface area contributed by atoms with Crippen LogP contribution in [0.15, 0.2) is 53.4 Å². The molecule has 3 rings (SSSR count). The van der Waals surface area contributed by atoms with Gasteiger partial charge < -0.3 is 10.8 Å². The molecule has 0 saturated heterocycles. The second-order valence-electron chi connectivity index (χ2n) is 6.41. The van der Waals surface area contributed by atoms with Gasteiger partial charge in [-0.05, 0) is 36.8 Å². The van der Waals surface area contributed by atoms with Crippen LogP contribution >= 0.6 is 11.6 Å². The highest BCUT2D eigenvalue weighted by Gasteiger charge is 2.70. The molecule has 2 aromatic rings. The Kier molecular flexibility index (Phi) is 4.47. The molecule has 1 aliphatic rings. The predicted octanol–water partition coefficient (Wildman–Crippen LogP) is 2.53. The molecule has 0 unspecified atom stereocenters. The number of hydrogen-bond donors (Lipinski definition) is 2. The minimum absolute atomic E-state index is 0.0937. The first-order valence-electron chi connectivity index (χ1n) is 7.74. The van der Waals surface area contributed by atoms with Crippen LogP contribution in [-0.4, -0.2) is 31.9 Å². The molecule has 0 amide bonds. The minimum Gasteiger partial charge on any atom is -0.396 e. The molecule has 1 saturated carbocycles. The Bertz CT molecular complexity index is 845. The third-order valence-corrected chi connectivity index (χ3v) is 7.52. The molecule has 1 fully saturated rings. The number of aliphatic hydroxyl groups excluding tert-OH is 1. The van der Waals surface area contributed by atoms with Gasteiger partial charge in [0.15, 0.2) is 9.84 Å². The van der Waals surface area contributed by atoms with E-state index in [0.717, 1.165) is 11.1 Å². The summed E-state index contributed by atoms with van der Waals surface area (Å²) in [5.41, 5.74) is 6.79. The van der Waals surface area contributed by atoms with E-state index in [4.69, 9.17) is 17.3 Å². The highest BCUT2D eigenvalue weighted by molar-refractivity contribution is 7.92. The van der Waals surface area contributed by atoms with Crippen LogP contribution in [0.5, 0.6) is 0 Å². The second kappa shape index (κ2) is 6.15. The standard InChI is InChI=1S/C18H20ClNO3S/c1-12-5-7-15(8-6-12)24(22,23)17-16(18(17,10-20)11-21)13-3-2-4-14(19)9-13/h2-9,16-17,21H,10-11,20H2,1H3/t16-,17-,18+/m1/s1. The zero-order valence-corrected chi connectivity index (χ0v) is 14.9. The van der Waals surface area contributed by atoms with E-state index in [2.05, 4.69) is 0 Å². The number of benzene rings is 2. The molecule has 6 heteroatoms. The van der Waals surface area contributed by atoms with Gasteiger partial charge in [0.25, 0.3) is 0 Å². The van der Waals surface area contributed by atoms with Crippen molar-refractivity contribution in [2.45, 2.75) is 23.0 Å². The van der Waals surface area contributed by atoms with Crippen LogP contribution in [0, 0.1) is 12.3 Å². The summed E-state index contributed by atoms with van der Waals surface area (Å²) in [4.78, 5) is 0.258. The molecule has 0 spiro atoms. The summed E-state index contributed by atoms with van der Waals surface area (Å²) >= 11 is 6.05. The maximum Gasteiger partial charge on any atom is 0.182 e. The van der Waals surface area contributed by atoms with E-state index in [1.165, 1.54) is 0 Å². The number of aryl methyl sites for hydroxylation is 1. The van der Waals surface area contributed by atoms with E-state index in [9.17, 15) is 13.5 Å². The van der Waals surface area contributed by atoms with Gasteiger partial charge in [-0.15, -0.1) is 0 Å². The molecule has 128 valence electrons. The predicted molar refractivity (Wildman–Crippen MR) is 94.9 cm³/mol. The fourth-order valence-electron chi connectivity index (χ4n) is 3.52. The average Bonchev–Trinajstić information content (AvgIpc) is 3.26. The molecular formula is C18H20ClNO3S. The fraction of sp³-hybridized carbons (Fsp3) is 0.333. The van der Waals surface area contributed by atoms with Gasteiger partial charge in [-0.1, -0.05) is 41.4 Å². The van der Waals surface area contributed by atoms with Crippen molar-refractivity contribution >= 4 is 21.4 Å². The van der Waals surface area contributed by atoms with E-state index in [1.54, 1.807) is 42.5 Å². The van der Waals surface area contributed by atoms with Crippen LogP contribution < -0.4 is 5.73 Å². The molecule has 0 radical (unpaired) electrons. The fourth-order valence-corrected chi connectivity index (χ4v) is 6.17. The summed E-state index contributed by atoms with van der Waals surface area (Å²) in [7, 11) is -3.61. The molecule has 0 heterocycles. The highest BCUT2D eigenvalue weighted by atomic mass is 35.5. The molecule has 1 aliphatic carbocycles. The van der Waals surface area contributed by atoms with Gasteiger partial charge >= 0.3 is 0 Å². The van der Waals surface area contributed by atoms with E-state index < -0.39 is 20.5 Å². The largest absolute Gasteiger partial charge is 0.396 e. The molecule has 24 heavy (non-hydrogen) atoms. The lowest BCUT2D eigenvalue weighted by molar-refractivity contribution is 0.212. The number of nitrogens with two attached hydrogens (primary N) is 1. The van der Waals surface area contributed by atoms with Crippen molar-refractivity contribution in [3.63, 3.8) is 0 Å². The van der Waals surface area contributed by atoms with Gasteiger partial charge in [-0.2, -0.15) is 0 Å². The van der Waals surface area contributed by atoms with Crippen LogP contribution in [0.2, 0.25) is 5.02 Å². The second-order valence-corrected chi connectivity index (χ2v) is 8.91. The van der Waals surface area contributed by atoms with Crippen molar-refractivity contribution in [1.82, 2.24) is 0 Å². The third-order valence-electron chi connectivity index (χ3n) is 4.95. The Morgan fingerprint density at radius 3 is 2.42 bits per heavy atom. The highest BCUT2D eigenvalue weighted by Crippen LogP contribution is 2.63.